The summed E-state index contributed by atoms with van der Waals surface area (Å²) in [5.74, 6) is 0.446. The zero-order chi connectivity index (χ0) is 31.6. The molecule has 0 spiro atoms. The second-order valence-electron chi connectivity index (χ2n) is 13.3. The highest BCUT2D eigenvalue weighted by molar-refractivity contribution is 7.15. The zero-order valence-corrected chi connectivity index (χ0v) is 28.7. The Morgan fingerprint density at radius 1 is 1.07 bits per heavy atom. The number of hydrogen-bond acceptors (Lipinski definition) is 9. The van der Waals surface area contributed by atoms with Crippen LogP contribution in [0.3, 0.4) is 0 Å². The number of nitrogens with one attached hydrogen (secondary N) is 2. The van der Waals surface area contributed by atoms with Gasteiger partial charge in [0.05, 0.1) is 43.1 Å². The molecule has 1 aliphatic rings. The van der Waals surface area contributed by atoms with E-state index in [1.165, 1.54) is 11.3 Å². The molecule has 4 rings (SSSR count). The SMILES string of the molecule is Cn1c(Nc2nc3c(s2)CN(C(=O)OC(C)(C)C)CC3)nc2cc(C(=O)NCCOCCO[Si](C)(C)C(C)(C)C)ccc21. The number of imidazole rings is 1. The van der Waals surface area contributed by atoms with Crippen LogP contribution in [0.2, 0.25) is 18.1 Å². The first kappa shape index (κ1) is 32.9. The Kier molecular flexibility index (Phi) is 9.89. The summed E-state index contributed by atoms with van der Waals surface area (Å²) < 4.78 is 19.3. The number of fused-ring (bicyclic) bond motifs is 2. The molecule has 1 aliphatic heterocycles. The molecule has 1 aromatic carbocycles. The number of nitrogens with zero attached hydrogens (tertiary/aromatic N) is 4. The summed E-state index contributed by atoms with van der Waals surface area (Å²) >= 11 is 1.51. The first-order valence-corrected chi connectivity index (χ1v) is 18.5. The Labute approximate surface area is 259 Å². The van der Waals surface area contributed by atoms with E-state index in [9.17, 15) is 9.59 Å². The van der Waals surface area contributed by atoms with E-state index >= 15 is 0 Å². The van der Waals surface area contributed by atoms with Crippen molar-refractivity contribution in [2.24, 2.45) is 7.05 Å². The van der Waals surface area contributed by atoms with E-state index in [0.717, 1.165) is 16.1 Å². The maximum absolute atomic E-state index is 12.8. The highest BCUT2D eigenvalue weighted by atomic mass is 32.1. The van der Waals surface area contributed by atoms with Crippen LogP contribution in [0, 0.1) is 0 Å². The van der Waals surface area contributed by atoms with Crippen molar-refractivity contribution in [1.29, 1.82) is 0 Å². The number of carbonyl (C=O) groups excluding carboxylic acids is 2. The number of benzene rings is 1. The third kappa shape index (κ3) is 8.34. The lowest BCUT2D eigenvalue weighted by atomic mass is 10.2. The maximum Gasteiger partial charge on any atom is 0.410 e. The summed E-state index contributed by atoms with van der Waals surface area (Å²) in [7, 11) is 0.138. The summed E-state index contributed by atoms with van der Waals surface area (Å²) in [5, 5.41) is 7.12. The van der Waals surface area contributed by atoms with Crippen molar-refractivity contribution < 1.29 is 23.5 Å². The van der Waals surface area contributed by atoms with Gasteiger partial charge in [0.15, 0.2) is 13.4 Å². The molecule has 11 nitrogen and oxygen atoms in total. The van der Waals surface area contributed by atoms with Crippen LogP contribution in [-0.4, -0.2) is 78.3 Å². The average Bonchev–Trinajstić information content (AvgIpc) is 3.45. The first-order valence-electron chi connectivity index (χ1n) is 14.7. The highest BCUT2D eigenvalue weighted by Crippen LogP contribution is 2.36. The van der Waals surface area contributed by atoms with Gasteiger partial charge in [-0.05, 0) is 57.1 Å². The first-order chi connectivity index (χ1) is 20.0. The molecule has 2 amide bonds. The summed E-state index contributed by atoms with van der Waals surface area (Å²) in [6, 6.07) is 5.47. The van der Waals surface area contributed by atoms with E-state index < -0.39 is 13.9 Å². The van der Waals surface area contributed by atoms with Gasteiger partial charge in [0.2, 0.25) is 5.95 Å². The van der Waals surface area contributed by atoms with Gasteiger partial charge in [-0.2, -0.15) is 0 Å². The average molecular weight is 631 g/mol. The molecule has 0 saturated heterocycles. The number of aromatic nitrogens is 3. The number of anilines is 2. The van der Waals surface area contributed by atoms with E-state index in [-0.39, 0.29) is 17.0 Å². The van der Waals surface area contributed by atoms with E-state index in [4.69, 9.17) is 23.9 Å². The lowest BCUT2D eigenvalue weighted by Gasteiger charge is -2.36. The van der Waals surface area contributed by atoms with Crippen LogP contribution in [-0.2, 0) is 33.9 Å². The predicted molar refractivity (Wildman–Crippen MR) is 173 cm³/mol. The number of hydrogen-bond donors (Lipinski definition) is 2. The molecule has 0 fully saturated rings. The standard InChI is InChI=1S/C30H46N6O5SSi/c1-29(2,3)41-28(38)36-14-12-21-24(19-36)42-27(33-21)34-26-32-22-18-20(10-11-23(22)35(26)7)25(37)31-13-15-39-16-17-40-43(8,9)30(4,5)6/h10-11,18H,12-17,19H2,1-9H3,(H,31,37)(H,32,33,34). The lowest BCUT2D eigenvalue weighted by molar-refractivity contribution is 0.0225. The molecule has 0 saturated carbocycles. The van der Waals surface area contributed by atoms with Gasteiger partial charge in [0, 0.05) is 37.0 Å². The van der Waals surface area contributed by atoms with E-state index in [0.29, 0.717) is 68.0 Å². The predicted octanol–water partition coefficient (Wildman–Crippen LogP) is 5.83. The summed E-state index contributed by atoms with van der Waals surface area (Å²) in [5.41, 5.74) is 2.57. The van der Waals surface area contributed by atoms with Gasteiger partial charge in [-0.15, -0.1) is 0 Å². The van der Waals surface area contributed by atoms with Gasteiger partial charge < -0.3 is 34.0 Å². The number of carbonyl (C=O) groups is 2. The van der Waals surface area contributed by atoms with Gasteiger partial charge in [-0.3, -0.25) is 4.79 Å². The number of amides is 2. The molecule has 0 radical (unpaired) electrons. The normalized spacial score (nSPS) is 14.1. The van der Waals surface area contributed by atoms with Crippen molar-refractivity contribution in [3.05, 3.63) is 34.3 Å². The molecule has 3 aromatic rings. The van der Waals surface area contributed by atoms with Gasteiger partial charge in [-0.1, -0.05) is 32.1 Å². The fraction of sp³-hybridized carbons (Fsp3) is 0.600. The van der Waals surface area contributed by atoms with Crippen LogP contribution in [0.4, 0.5) is 15.9 Å². The van der Waals surface area contributed by atoms with E-state index in [2.05, 4.69) is 44.5 Å². The molecular weight excluding hydrogens is 585 g/mol. The molecule has 43 heavy (non-hydrogen) atoms. The molecule has 13 heteroatoms. The summed E-state index contributed by atoms with van der Waals surface area (Å²) in [4.78, 5) is 37.5. The van der Waals surface area contributed by atoms with Crippen LogP contribution in [0.25, 0.3) is 11.0 Å². The molecular formula is C30H46N6O5SSi. The third-order valence-electron chi connectivity index (χ3n) is 7.77. The summed E-state index contributed by atoms with van der Waals surface area (Å²) in [6.45, 7) is 19.6. The fourth-order valence-electron chi connectivity index (χ4n) is 4.29. The van der Waals surface area contributed by atoms with Gasteiger partial charge in [0.1, 0.15) is 5.60 Å². The Balaban J connectivity index is 1.29. The van der Waals surface area contributed by atoms with Crippen LogP contribution in [0.15, 0.2) is 18.2 Å². The molecule has 2 aromatic heterocycles. The van der Waals surface area contributed by atoms with Crippen molar-refractivity contribution in [3.63, 3.8) is 0 Å². The van der Waals surface area contributed by atoms with Crippen LogP contribution in [0.5, 0.6) is 0 Å². The van der Waals surface area contributed by atoms with Crippen molar-refractivity contribution in [3.8, 4) is 0 Å². The Morgan fingerprint density at radius 2 is 1.81 bits per heavy atom. The lowest BCUT2D eigenvalue weighted by Crippen LogP contribution is -2.41. The molecule has 0 atom stereocenters. The van der Waals surface area contributed by atoms with Gasteiger partial charge in [0.25, 0.3) is 5.91 Å². The number of thiazole rings is 1. The molecule has 0 unspecified atom stereocenters. The van der Waals surface area contributed by atoms with E-state index in [1.807, 2.05) is 38.5 Å². The quantitative estimate of drug-likeness (QED) is 0.212. The van der Waals surface area contributed by atoms with Crippen LogP contribution < -0.4 is 10.6 Å². The smallest absolute Gasteiger partial charge is 0.410 e. The zero-order valence-electron chi connectivity index (χ0n) is 26.9. The molecule has 236 valence electrons. The minimum atomic E-state index is -1.78. The van der Waals surface area contributed by atoms with Gasteiger partial charge in [-0.25, -0.2) is 14.8 Å². The second-order valence-corrected chi connectivity index (χ2v) is 19.2. The number of ether oxygens (including phenoxy) is 2. The third-order valence-corrected chi connectivity index (χ3v) is 13.3. The number of rotatable bonds is 10. The largest absolute Gasteiger partial charge is 0.444 e. The Morgan fingerprint density at radius 3 is 2.51 bits per heavy atom. The van der Waals surface area contributed by atoms with Gasteiger partial charge >= 0.3 is 6.09 Å². The molecule has 2 N–H and O–H groups in total. The number of aryl methyl sites for hydroxylation is 1. The molecule has 3 heterocycles. The minimum absolute atomic E-state index is 0.167. The van der Waals surface area contributed by atoms with Crippen LogP contribution >= 0.6 is 11.3 Å². The Bertz CT molecular complexity index is 1460. The van der Waals surface area contributed by atoms with Crippen molar-refractivity contribution in [2.75, 3.05) is 38.2 Å². The minimum Gasteiger partial charge on any atom is -0.444 e. The second kappa shape index (κ2) is 12.9. The molecule has 0 bridgehead atoms. The highest BCUT2D eigenvalue weighted by Gasteiger charge is 2.36. The Hall–Kier alpha value is -3.00. The molecule has 0 aliphatic carbocycles. The van der Waals surface area contributed by atoms with Crippen molar-refractivity contribution in [1.82, 2.24) is 24.8 Å². The monoisotopic (exact) mass is 630 g/mol. The topological polar surface area (TPSA) is 120 Å². The maximum atomic E-state index is 12.8. The van der Waals surface area contributed by atoms with Crippen molar-refractivity contribution in [2.45, 2.75) is 78.2 Å². The summed E-state index contributed by atoms with van der Waals surface area (Å²) in [6.07, 6.45) is 0.360. The fourth-order valence-corrected chi connectivity index (χ4v) is 6.34. The van der Waals surface area contributed by atoms with E-state index in [1.54, 1.807) is 17.0 Å². The van der Waals surface area contributed by atoms with Crippen LogP contribution in [0.1, 0.15) is 62.5 Å². The van der Waals surface area contributed by atoms with Crippen molar-refractivity contribution >= 4 is 53.8 Å².